The molecule has 1 saturated heterocycles. The van der Waals surface area contributed by atoms with Crippen LogP contribution in [0.5, 0.6) is 0 Å². The average Bonchev–Trinajstić information content (AvgIpc) is 2.72. The Labute approximate surface area is 83.1 Å². The zero-order valence-corrected chi connectivity index (χ0v) is 8.56. The van der Waals surface area contributed by atoms with Crippen molar-refractivity contribution in [2.75, 3.05) is 6.54 Å². The maximum atomic E-state index is 10.4. The number of nitrogens with one attached hydrogen (secondary N) is 1. The fourth-order valence-corrected chi connectivity index (χ4v) is 2.09. The molecule has 0 radical (unpaired) electrons. The minimum atomic E-state index is -0.880. The fourth-order valence-electron chi connectivity index (χ4n) is 2.09. The molecular formula is C9H16N4O. The Balaban J connectivity index is 2.26. The van der Waals surface area contributed by atoms with Crippen molar-refractivity contribution >= 4 is 0 Å². The summed E-state index contributed by atoms with van der Waals surface area (Å²) in [7, 11) is 1.80. The Kier molecular flexibility index (Phi) is 2.28. The number of hydrogen-bond donors (Lipinski definition) is 2. The number of hydrogen-bond acceptors (Lipinski definition) is 4. The first-order chi connectivity index (χ1) is 6.62. The molecule has 0 aliphatic carbocycles. The second-order valence-electron chi connectivity index (χ2n) is 4.04. The molecule has 0 bridgehead atoms. The van der Waals surface area contributed by atoms with E-state index in [1.54, 1.807) is 17.9 Å². The van der Waals surface area contributed by atoms with E-state index in [-0.39, 0.29) is 6.04 Å². The third-order valence-electron chi connectivity index (χ3n) is 2.97. The molecule has 5 heteroatoms. The van der Waals surface area contributed by atoms with Gasteiger partial charge in [-0.05, 0) is 26.3 Å². The van der Waals surface area contributed by atoms with Crippen LogP contribution in [-0.2, 0) is 12.6 Å². The molecule has 1 aromatic rings. The number of aryl methyl sites for hydroxylation is 1. The van der Waals surface area contributed by atoms with Crippen LogP contribution < -0.4 is 5.32 Å². The van der Waals surface area contributed by atoms with Gasteiger partial charge in [-0.15, -0.1) is 5.10 Å². The van der Waals surface area contributed by atoms with E-state index in [1.807, 2.05) is 6.92 Å². The van der Waals surface area contributed by atoms with Gasteiger partial charge in [0.2, 0.25) is 0 Å². The van der Waals surface area contributed by atoms with Crippen LogP contribution in [0.1, 0.15) is 25.5 Å². The minimum absolute atomic E-state index is 0.111. The van der Waals surface area contributed by atoms with Crippen molar-refractivity contribution in [3.8, 4) is 0 Å². The van der Waals surface area contributed by atoms with Crippen molar-refractivity contribution in [3.63, 3.8) is 0 Å². The van der Waals surface area contributed by atoms with Gasteiger partial charge in [-0.3, -0.25) is 0 Å². The van der Waals surface area contributed by atoms with Crippen molar-refractivity contribution in [2.45, 2.75) is 31.4 Å². The third-order valence-corrected chi connectivity index (χ3v) is 2.97. The van der Waals surface area contributed by atoms with Crippen LogP contribution in [0.2, 0.25) is 0 Å². The summed E-state index contributed by atoms with van der Waals surface area (Å²) in [6.07, 6.45) is 3.74. The van der Waals surface area contributed by atoms with Crippen LogP contribution >= 0.6 is 0 Å². The summed E-state index contributed by atoms with van der Waals surface area (Å²) in [6.45, 7) is 2.79. The first kappa shape index (κ1) is 9.61. The van der Waals surface area contributed by atoms with Gasteiger partial charge in [-0.25, -0.2) is 4.68 Å². The van der Waals surface area contributed by atoms with Crippen molar-refractivity contribution < 1.29 is 5.11 Å². The Morgan fingerprint density at radius 2 is 2.50 bits per heavy atom. The van der Waals surface area contributed by atoms with Crippen LogP contribution in [0.3, 0.4) is 0 Å². The van der Waals surface area contributed by atoms with Crippen LogP contribution in [0.4, 0.5) is 0 Å². The van der Waals surface area contributed by atoms with Gasteiger partial charge < -0.3 is 10.4 Å². The van der Waals surface area contributed by atoms with Gasteiger partial charge in [-0.2, -0.15) is 0 Å². The van der Waals surface area contributed by atoms with Gasteiger partial charge in [0.1, 0.15) is 5.60 Å². The monoisotopic (exact) mass is 196 g/mol. The van der Waals surface area contributed by atoms with Crippen molar-refractivity contribution in [1.29, 1.82) is 0 Å². The van der Waals surface area contributed by atoms with Crippen molar-refractivity contribution in [3.05, 3.63) is 11.9 Å². The maximum absolute atomic E-state index is 10.4. The number of aliphatic hydroxyl groups is 1. The maximum Gasteiger partial charge on any atom is 0.120 e. The standard InChI is InChI=1S/C9H16N4O/c1-9(14,7-4-3-5-10-7)8-6-11-12-13(8)2/h6-7,10,14H,3-5H2,1-2H3. The summed E-state index contributed by atoms with van der Waals surface area (Å²) in [5.74, 6) is 0. The molecule has 2 unspecified atom stereocenters. The highest BCUT2D eigenvalue weighted by atomic mass is 16.3. The first-order valence-electron chi connectivity index (χ1n) is 4.93. The van der Waals surface area contributed by atoms with Crippen LogP contribution in [0.15, 0.2) is 6.20 Å². The molecule has 5 nitrogen and oxygen atoms in total. The summed E-state index contributed by atoms with van der Waals surface area (Å²) < 4.78 is 1.62. The van der Waals surface area contributed by atoms with Gasteiger partial charge in [0.05, 0.1) is 11.9 Å². The van der Waals surface area contributed by atoms with Gasteiger partial charge >= 0.3 is 0 Å². The predicted octanol–water partition coefficient (Wildman–Crippen LogP) is -0.225. The quantitative estimate of drug-likeness (QED) is 0.686. The second kappa shape index (κ2) is 3.33. The van der Waals surface area contributed by atoms with E-state index in [0.717, 1.165) is 25.1 Å². The molecule has 0 amide bonds. The second-order valence-corrected chi connectivity index (χ2v) is 4.04. The van der Waals surface area contributed by atoms with Gasteiger partial charge in [-0.1, -0.05) is 5.21 Å². The molecule has 1 aromatic heterocycles. The van der Waals surface area contributed by atoms with E-state index < -0.39 is 5.60 Å². The molecule has 0 spiro atoms. The molecule has 2 rings (SSSR count). The van der Waals surface area contributed by atoms with Crippen LogP contribution in [0.25, 0.3) is 0 Å². The molecule has 1 aliphatic heterocycles. The molecule has 14 heavy (non-hydrogen) atoms. The lowest BCUT2D eigenvalue weighted by molar-refractivity contribution is 0.0141. The highest BCUT2D eigenvalue weighted by molar-refractivity contribution is 5.11. The van der Waals surface area contributed by atoms with E-state index in [1.165, 1.54) is 0 Å². The number of nitrogens with zero attached hydrogens (tertiary/aromatic N) is 3. The molecule has 2 N–H and O–H groups in total. The van der Waals surface area contributed by atoms with Crippen molar-refractivity contribution in [1.82, 2.24) is 20.3 Å². The minimum Gasteiger partial charge on any atom is -0.382 e. The zero-order chi connectivity index (χ0) is 10.2. The van der Waals surface area contributed by atoms with E-state index >= 15 is 0 Å². The summed E-state index contributed by atoms with van der Waals surface area (Å²) in [5.41, 5.74) is -0.119. The topological polar surface area (TPSA) is 63.0 Å². The Hall–Kier alpha value is -0.940. The normalized spacial score (nSPS) is 26.4. The molecular weight excluding hydrogens is 180 g/mol. The Bertz CT molecular complexity index is 314. The van der Waals surface area contributed by atoms with E-state index in [0.29, 0.717) is 0 Å². The third kappa shape index (κ3) is 1.42. The average molecular weight is 196 g/mol. The smallest absolute Gasteiger partial charge is 0.120 e. The lowest BCUT2D eigenvalue weighted by Crippen LogP contribution is -2.44. The lowest BCUT2D eigenvalue weighted by Gasteiger charge is -2.29. The molecule has 2 heterocycles. The Morgan fingerprint density at radius 3 is 3.00 bits per heavy atom. The highest BCUT2D eigenvalue weighted by Gasteiger charge is 2.37. The molecule has 0 aromatic carbocycles. The molecule has 78 valence electrons. The van der Waals surface area contributed by atoms with Crippen LogP contribution in [-0.4, -0.2) is 32.7 Å². The first-order valence-corrected chi connectivity index (χ1v) is 4.93. The largest absolute Gasteiger partial charge is 0.382 e. The van der Waals surface area contributed by atoms with E-state index in [9.17, 15) is 5.11 Å². The summed E-state index contributed by atoms with van der Waals surface area (Å²) in [4.78, 5) is 0. The summed E-state index contributed by atoms with van der Waals surface area (Å²) >= 11 is 0. The fraction of sp³-hybridized carbons (Fsp3) is 0.778. The van der Waals surface area contributed by atoms with Gasteiger partial charge in [0.25, 0.3) is 0 Å². The SMILES string of the molecule is Cn1nncc1C(C)(O)C1CCCN1. The highest BCUT2D eigenvalue weighted by Crippen LogP contribution is 2.28. The lowest BCUT2D eigenvalue weighted by atomic mass is 9.92. The summed E-state index contributed by atoms with van der Waals surface area (Å²) in [6, 6.07) is 0.111. The van der Waals surface area contributed by atoms with E-state index in [4.69, 9.17) is 0 Å². The number of aromatic nitrogens is 3. The van der Waals surface area contributed by atoms with Crippen molar-refractivity contribution in [2.24, 2.45) is 7.05 Å². The van der Waals surface area contributed by atoms with Gasteiger partial charge in [0.15, 0.2) is 0 Å². The molecule has 0 saturated carbocycles. The van der Waals surface area contributed by atoms with Gasteiger partial charge in [0, 0.05) is 13.1 Å². The molecule has 1 fully saturated rings. The molecule has 2 atom stereocenters. The number of rotatable bonds is 2. The predicted molar refractivity (Wildman–Crippen MR) is 51.6 cm³/mol. The molecule has 1 aliphatic rings. The zero-order valence-electron chi connectivity index (χ0n) is 8.56. The van der Waals surface area contributed by atoms with Crippen LogP contribution in [0, 0.1) is 0 Å². The Morgan fingerprint density at radius 1 is 1.71 bits per heavy atom. The van der Waals surface area contributed by atoms with E-state index in [2.05, 4.69) is 15.6 Å². The summed E-state index contributed by atoms with van der Waals surface area (Å²) in [5, 5.41) is 21.3.